The van der Waals surface area contributed by atoms with E-state index in [2.05, 4.69) is 15.0 Å². The number of nitrogens with one attached hydrogen (secondary N) is 1. The summed E-state index contributed by atoms with van der Waals surface area (Å²) in [5, 5.41) is 0. The van der Waals surface area contributed by atoms with Crippen molar-refractivity contribution < 1.29 is 4.21 Å². The van der Waals surface area contributed by atoms with Gasteiger partial charge >= 0.3 is 5.69 Å². The summed E-state index contributed by atoms with van der Waals surface area (Å²) in [6, 6.07) is 3.79. The van der Waals surface area contributed by atoms with Crippen LogP contribution in [0.25, 0.3) is 0 Å². The molecule has 31 heavy (non-hydrogen) atoms. The Morgan fingerprint density at radius 2 is 2.19 bits per heavy atom. The number of aliphatic imine (C=N–C) groups is 2. The van der Waals surface area contributed by atoms with E-state index in [1.165, 1.54) is 11.3 Å². The molecule has 168 valence electrons. The van der Waals surface area contributed by atoms with Gasteiger partial charge < -0.3 is 0 Å². The van der Waals surface area contributed by atoms with Gasteiger partial charge in [-0.2, -0.15) is 11.8 Å². The molecule has 1 aliphatic heterocycles. The molecule has 0 amide bonds. The number of H-pyrrole nitrogens is 1. The van der Waals surface area contributed by atoms with Gasteiger partial charge in [0.05, 0.1) is 10.6 Å². The Bertz CT molecular complexity index is 1120. The first-order chi connectivity index (χ1) is 15.0. The summed E-state index contributed by atoms with van der Waals surface area (Å²) in [6.45, 7) is 3.67. The Labute approximate surface area is 192 Å². The smallest absolute Gasteiger partial charge is 0.297 e. The van der Waals surface area contributed by atoms with Crippen LogP contribution >= 0.6 is 23.1 Å². The van der Waals surface area contributed by atoms with Crippen molar-refractivity contribution in [2.24, 2.45) is 9.98 Å². The molecule has 0 aromatic carbocycles. The zero-order valence-electron chi connectivity index (χ0n) is 17.9. The van der Waals surface area contributed by atoms with Gasteiger partial charge in [-0.1, -0.05) is 0 Å². The van der Waals surface area contributed by atoms with Crippen molar-refractivity contribution in [3.63, 3.8) is 0 Å². The normalized spacial score (nSPS) is 15.5. The number of aromatic nitrogens is 2. The molecular weight excluding hydrogens is 454 g/mol. The van der Waals surface area contributed by atoms with Crippen LogP contribution in [0.3, 0.4) is 0 Å². The second-order valence-corrected chi connectivity index (χ2v) is 11.0. The average molecular weight is 482 g/mol. The summed E-state index contributed by atoms with van der Waals surface area (Å²) in [5.41, 5.74) is 1.72. The largest absolute Gasteiger partial charge is 0.328 e. The molecule has 3 rings (SSSR count). The van der Waals surface area contributed by atoms with E-state index in [0.29, 0.717) is 37.4 Å². The van der Waals surface area contributed by atoms with Gasteiger partial charge in [0.2, 0.25) is 0 Å². The van der Waals surface area contributed by atoms with E-state index in [4.69, 9.17) is 0 Å². The Morgan fingerprint density at radius 3 is 2.94 bits per heavy atom. The molecular formula is C20H27N5O3S3. The highest BCUT2D eigenvalue weighted by atomic mass is 32.2. The van der Waals surface area contributed by atoms with Gasteiger partial charge in [-0.15, -0.1) is 11.3 Å². The van der Waals surface area contributed by atoms with Crippen molar-refractivity contribution in [1.82, 2.24) is 13.9 Å². The van der Waals surface area contributed by atoms with E-state index in [0.717, 1.165) is 32.7 Å². The van der Waals surface area contributed by atoms with Crippen molar-refractivity contribution in [2.45, 2.75) is 36.3 Å². The minimum Gasteiger partial charge on any atom is -0.297 e. The van der Waals surface area contributed by atoms with Crippen LogP contribution in [0.1, 0.15) is 29.5 Å². The molecule has 0 fully saturated rings. The summed E-state index contributed by atoms with van der Waals surface area (Å²) >= 11 is 3.16. The zero-order chi connectivity index (χ0) is 22.4. The Balaban J connectivity index is 1.65. The molecule has 0 saturated heterocycles. The first-order valence-corrected chi connectivity index (χ1v) is 13.2. The Hall–Kier alpha value is -1.82. The van der Waals surface area contributed by atoms with E-state index in [9.17, 15) is 13.8 Å². The molecule has 0 aliphatic carbocycles. The number of nitrogens with zero attached hydrogens (tertiary/aromatic N) is 4. The van der Waals surface area contributed by atoms with Gasteiger partial charge in [-0.05, 0) is 37.7 Å². The molecule has 2 aromatic heterocycles. The zero-order valence-corrected chi connectivity index (χ0v) is 20.4. The molecule has 8 nitrogen and oxygen atoms in total. The number of hydrogen-bond acceptors (Lipinski definition) is 7. The number of hydrogen-bond donors (Lipinski definition) is 1. The molecule has 1 N–H and O–H groups in total. The number of thiophene rings is 1. The van der Waals surface area contributed by atoms with Crippen LogP contribution in [-0.2, 0) is 29.7 Å². The van der Waals surface area contributed by atoms with Crippen LogP contribution in [0.15, 0.2) is 35.9 Å². The first-order valence-electron chi connectivity index (χ1n) is 10.1. The Kier molecular flexibility index (Phi) is 8.58. The van der Waals surface area contributed by atoms with Crippen LogP contribution in [0, 0.1) is 0 Å². The highest BCUT2D eigenvalue weighted by Gasteiger charge is 2.19. The molecule has 1 atom stereocenters. The highest BCUT2D eigenvalue weighted by molar-refractivity contribution is 7.98. The van der Waals surface area contributed by atoms with Gasteiger partial charge in [0.15, 0.2) is 0 Å². The maximum atomic E-state index is 12.9. The fraction of sp³-hybridized carbons (Fsp3) is 0.500. The molecule has 1 unspecified atom stereocenters. The standard InChI is InChI=1S/C20H27N5O3S3/c1-4-22-15(12-21-2)17-6-7-18(30-17)31(28)24(3)9-5-10-25-16-8-11-29-13-14(16)19(26)23-20(25)27/h6-7,12H,4-5,8-11,13H2,1-3H3,(H,23,26,27). The molecule has 3 heterocycles. The average Bonchev–Trinajstić information content (AvgIpc) is 3.25. The monoisotopic (exact) mass is 481 g/mol. The summed E-state index contributed by atoms with van der Waals surface area (Å²) in [5.74, 6) is 1.55. The predicted molar refractivity (Wildman–Crippen MR) is 131 cm³/mol. The molecule has 1 aliphatic rings. The lowest BCUT2D eigenvalue weighted by Crippen LogP contribution is -2.37. The Morgan fingerprint density at radius 1 is 1.39 bits per heavy atom. The van der Waals surface area contributed by atoms with E-state index in [1.807, 2.05) is 26.1 Å². The lowest BCUT2D eigenvalue weighted by molar-refractivity contribution is 0.469. The molecule has 11 heteroatoms. The molecule has 0 bridgehead atoms. The number of thioether (sulfide) groups is 1. The van der Waals surface area contributed by atoms with Crippen molar-refractivity contribution >= 4 is 46.0 Å². The maximum absolute atomic E-state index is 12.9. The lowest BCUT2D eigenvalue weighted by atomic mass is 10.2. The third-order valence-corrected chi connectivity index (χ3v) is 8.66. The molecule has 0 radical (unpaired) electrons. The number of aromatic amines is 1. The third-order valence-electron chi connectivity index (χ3n) is 4.87. The van der Waals surface area contributed by atoms with Crippen LogP contribution in [0.5, 0.6) is 0 Å². The van der Waals surface area contributed by atoms with E-state index in [-0.39, 0.29) is 11.2 Å². The SMILES string of the molecule is CCN=C(C=NC)c1ccc(S(=O)N(C)CCCn2c3c(c(=O)[nH]c2=O)CSCC3)s1. The van der Waals surface area contributed by atoms with Crippen molar-refractivity contribution in [3.8, 4) is 0 Å². The van der Waals surface area contributed by atoms with E-state index >= 15 is 0 Å². The van der Waals surface area contributed by atoms with Gasteiger partial charge in [0.1, 0.15) is 15.2 Å². The third kappa shape index (κ3) is 5.71. The predicted octanol–water partition coefficient (Wildman–Crippen LogP) is 1.94. The first kappa shape index (κ1) is 23.8. The summed E-state index contributed by atoms with van der Waals surface area (Å²) < 4.78 is 17.1. The van der Waals surface area contributed by atoms with Crippen LogP contribution in [-0.4, -0.2) is 62.9 Å². The maximum Gasteiger partial charge on any atom is 0.328 e. The molecule has 0 saturated carbocycles. The fourth-order valence-electron chi connectivity index (χ4n) is 3.39. The summed E-state index contributed by atoms with van der Waals surface area (Å²) in [7, 11) is 2.22. The lowest BCUT2D eigenvalue weighted by Gasteiger charge is -2.20. The second kappa shape index (κ2) is 11.2. The van der Waals surface area contributed by atoms with Crippen molar-refractivity contribution in [3.05, 3.63) is 49.1 Å². The topological polar surface area (TPSA) is 99.9 Å². The van der Waals surface area contributed by atoms with Crippen LogP contribution in [0.4, 0.5) is 0 Å². The van der Waals surface area contributed by atoms with Crippen LogP contribution < -0.4 is 11.2 Å². The van der Waals surface area contributed by atoms with Gasteiger partial charge in [-0.3, -0.25) is 24.3 Å². The fourth-order valence-corrected chi connectivity index (χ4v) is 6.80. The second-order valence-electron chi connectivity index (χ2n) is 6.96. The van der Waals surface area contributed by atoms with E-state index in [1.54, 1.807) is 33.9 Å². The number of rotatable bonds is 9. The van der Waals surface area contributed by atoms with Crippen LogP contribution in [0.2, 0.25) is 0 Å². The molecule has 0 spiro atoms. The number of fused-ring (bicyclic) bond motifs is 1. The van der Waals surface area contributed by atoms with Gasteiger partial charge in [-0.25, -0.2) is 13.3 Å². The highest BCUT2D eigenvalue weighted by Crippen LogP contribution is 2.23. The van der Waals surface area contributed by atoms with E-state index < -0.39 is 11.0 Å². The summed E-state index contributed by atoms with van der Waals surface area (Å²) in [6.07, 6.45) is 3.09. The van der Waals surface area contributed by atoms with Gasteiger partial charge in [0.25, 0.3) is 5.56 Å². The molecule has 2 aromatic rings. The minimum atomic E-state index is -1.30. The van der Waals surface area contributed by atoms with Gasteiger partial charge in [0, 0.05) is 57.0 Å². The van der Waals surface area contributed by atoms with Crippen molar-refractivity contribution in [2.75, 3.05) is 32.9 Å². The van der Waals surface area contributed by atoms with Crippen molar-refractivity contribution in [1.29, 1.82) is 0 Å². The minimum absolute atomic E-state index is 0.269. The quantitative estimate of drug-likeness (QED) is 0.553. The summed E-state index contributed by atoms with van der Waals surface area (Å²) in [4.78, 5) is 36.2.